The zero-order valence-electron chi connectivity index (χ0n) is 17.6. The molecule has 0 aliphatic carbocycles. The fraction of sp³-hybridized carbons (Fsp3) is 0.304. The molecule has 0 saturated carbocycles. The molecule has 0 radical (unpaired) electrons. The molecule has 0 aliphatic rings. The number of amides is 1. The second-order valence-corrected chi connectivity index (χ2v) is 7.85. The summed E-state index contributed by atoms with van der Waals surface area (Å²) in [5, 5.41) is 3.66. The van der Waals surface area contributed by atoms with Crippen molar-refractivity contribution in [2.75, 3.05) is 26.0 Å². The van der Waals surface area contributed by atoms with Crippen LogP contribution >= 0.6 is 11.8 Å². The molecule has 0 aliphatic heterocycles. The van der Waals surface area contributed by atoms with Crippen LogP contribution in [-0.4, -0.2) is 47.3 Å². The van der Waals surface area contributed by atoms with Crippen molar-refractivity contribution >= 4 is 34.4 Å². The second kappa shape index (κ2) is 10.9. The predicted octanol–water partition coefficient (Wildman–Crippen LogP) is 3.16. The summed E-state index contributed by atoms with van der Waals surface area (Å²) in [6.07, 6.45) is 0.831. The Kier molecular flexibility index (Phi) is 7.97. The number of ether oxygens (including phenoxy) is 1. The van der Waals surface area contributed by atoms with Crippen molar-refractivity contribution in [1.82, 2.24) is 14.9 Å². The Morgan fingerprint density at radius 3 is 2.61 bits per heavy atom. The third-order valence-corrected chi connectivity index (χ3v) is 5.64. The smallest absolute Gasteiger partial charge is 0.262 e. The molecular weight excluding hydrogens is 414 g/mol. The highest BCUT2D eigenvalue weighted by molar-refractivity contribution is 7.99. The third-order valence-electron chi connectivity index (χ3n) is 4.67. The van der Waals surface area contributed by atoms with Gasteiger partial charge in [0.15, 0.2) is 10.9 Å². The van der Waals surface area contributed by atoms with Crippen molar-refractivity contribution in [2.45, 2.75) is 25.0 Å². The lowest BCUT2D eigenvalue weighted by molar-refractivity contribution is 0.0953. The lowest BCUT2D eigenvalue weighted by atomic mass is 10.1. The Balaban J connectivity index is 1.95. The van der Waals surface area contributed by atoms with E-state index in [0.717, 1.165) is 6.42 Å². The molecule has 0 spiro atoms. The Hall–Kier alpha value is -2.97. The van der Waals surface area contributed by atoms with E-state index in [4.69, 9.17) is 4.74 Å². The van der Waals surface area contributed by atoms with E-state index >= 15 is 0 Å². The van der Waals surface area contributed by atoms with Gasteiger partial charge < -0.3 is 10.1 Å². The number of aromatic nitrogens is 2. The first-order valence-corrected chi connectivity index (χ1v) is 11.1. The van der Waals surface area contributed by atoms with Gasteiger partial charge in [0.05, 0.1) is 29.8 Å². The molecule has 0 atom stereocenters. The lowest BCUT2D eigenvalue weighted by Crippen LogP contribution is -2.26. The molecule has 7 nitrogen and oxygen atoms in total. The number of hydrogen-bond donors (Lipinski definition) is 1. The van der Waals surface area contributed by atoms with E-state index in [1.165, 1.54) is 16.3 Å². The van der Waals surface area contributed by atoms with E-state index in [2.05, 4.69) is 10.3 Å². The minimum Gasteiger partial charge on any atom is -0.383 e. The molecule has 3 aromatic rings. The molecule has 0 unspecified atom stereocenters. The van der Waals surface area contributed by atoms with Crippen LogP contribution in [0, 0.1) is 0 Å². The summed E-state index contributed by atoms with van der Waals surface area (Å²) in [4.78, 5) is 42.5. The standard InChI is InChI=1S/C23H25N3O4S/c1-3-11-24-21(28)17-9-10-18-19(14-17)25-23(26(22(18)29)12-13-30-2)31-15-20(27)16-7-5-4-6-8-16/h4-10,14H,3,11-13,15H2,1-2H3,(H,24,28). The summed E-state index contributed by atoms with van der Waals surface area (Å²) in [5.74, 6) is -0.112. The summed E-state index contributed by atoms with van der Waals surface area (Å²) in [6, 6.07) is 13.9. The van der Waals surface area contributed by atoms with E-state index in [1.807, 2.05) is 25.1 Å². The number of thioether (sulfide) groups is 1. The average molecular weight is 440 g/mol. The molecule has 1 N–H and O–H groups in total. The summed E-state index contributed by atoms with van der Waals surface area (Å²) >= 11 is 1.20. The van der Waals surface area contributed by atoms with Crippen LogP contribution in [0.15, 0.2) is 58.5 Å². The van der Waals surface area contributed by atoms with E-state index in [-0.39, 0.29) is 23.0 Å². The van der Waals surface area contributed by atoms with Gasteiger partial charge in [-0.25, -0.2) is 4.98 Å². The summed E-state index contributed by atoms with van der Waals surface area (Å²) < 4.78 is 6.65. The molecule has 1 aromatic heterocycles. The van der Waals surface area contributed by atoms with Crippen molar-refractivity contribution < 1.29 is 14.3 Å². The van der Waals surface area contributed by atoms with Crippen LogP contribution in [0.25, 0.3) is 10.9 Å². The SMILES string of the molecule is CCCNC(=O)c1ccc2c(=O)n(CCOC)c(SCC(=O)c3ccccc3)nc2c1. The van der Waals surface area contributed by atoms with Crippen LogP contribution in [0.5, 0.6) is 0 Å². The van der Waals surface area contributed by atoms with Crippen LogP contribution in [0.1, 0.15) is 34.1 Å². The number of fused-ring (bicyclic) bond motifs is 1. The molecule has 31 heavy (non-hydrogen) atoms. The van der Waals surface area contributed by atoms with Gasteiger partial charge in [-0.3, -0.25) is 19.0 Å². The van der Waals surface area contributed by atoms with Gasteiger partial charge in [0.2, 0.25) is 0 Å². The molecule has 1 heterocycles. The molecule has 3 rings (SSSR count). The van der Waals surface area contributed by atoms with Crippen molar-refractivity contribution in [2.24, 2.45) is 0 Å². The Morgan fingerprint density at radius 1 is 1.13 bits per heavy atom. The molecule has 1 amide bonds. The first-order chi connectivity index (χ1) is 15.0. The van der Waals surface area contributed by atoms with Crippen molar-refractivity contribution in [3.8, 4) is 0 Å². The number of carbonyl (C=O) groups excluding carboxylic acids is 2. The number of nitrogens with one attached hydrogen (secondary N) is 1. The van der Waals surface area contributed by atoms with E-state index < -0.39 is 0 Å². The highest BCUT2D eigenvalue weighted by Crippen LogP contribution is 2.20. The van der Waals surface area contributed by atoms with Gasteiger partial charge in [-0.05, 0) is 24.6 Å². The van der Waals surface area contributed by atoms with Gasteiger partial charge >= 0.3 is 0 Å². The second-order valence-electron chi connectivity index (χ2n) is 6.91. The van der Waals surface area contributed by atoms with Crippen molar-refractivity contribution in [3.05, 3.63) is 70.0 Å². The number of Topliss-reactive ketones (excluding diaryl/α,β-unsaturated/α-hetero) is 1. The lowest BCUT2D eigenvalue weighted by Gasteiger charge is -2.13. The van der Waals surface area contributed by atoms with Gasteiger partial charge in [0.25, 0.3) is 11.5 Å². The number of benzene rings is 2. The summed E-state index contributed by atoms with van der Waals surface area (Å²) in [6.45, 7) is 3.21. The van der Waals surface area contributed by atoms with E-state index in [9.17, 15) is 14.4 Å². The summed E-state index contributed by atoms with van der Waals surface area (Å²) in [5.41, 5.74) is 1.25. The minimum absolute atomic E-state index is 0.0501. The fourth-order valence-electron chi connectivity index (χ4n) is 3.01. The monoisotopic (exact) mass is 439 g/mol. The number of ketones is 1. The van der Waals surface area contributed by atoms with Crippen molar-refractivity contribution in [1.29, 1.82) is 0 Å². The van der Waals surface area contributed by atoms with Crippen LogP contribution < -0.4 is 10.9 Å². The summed E-state index contributed by atoms with van der Waals surface area (Å²) in [7, 11) is 1.56. The fourth-order valence-corrected chi connectivity index (χ4v) is 3.93. The average Bonchev–Trinajstić information content (AvgIpc) is 2.80. The van der Waals surface area contributed by atoms with Crippen LogP contribution in [0.2, 0.25) is 0 Å². The molecular formula is C23H25N3O4S. The predicted molar refractivity (Wildman–Crippen MR) is 122 cm³/mol. The van der Waals surface area contributed by atoms with Crippen LogP contribution in [0.3, 0.4) is 0 Å². The minimum atomic E-state index is -0.225. The van der Waals surface area contributed by atoms with Crippen molar-refractivity contribution in [3.63, 3.8) is 0 Å². The molecule has 162 valence electrons. The molecule has 0 fully saturated rings. The zero-order valence-corrected chi connectivity index (χ0v) is 18.4. The maximum atomic E-state index is 13.1. The molecule has 0 saturated heterocycles. The van der Waals surface area contributed by atoms with E-state index in [1.54, 1.807) is 37.4 Å². The Morgan fingerprint density at radius 2 is 1.90 bits per heavy atom. The first kappa shape index (κ1) is 22.7. The Bertz CT molecular complexity index is 1130. The first-order valence-electron chi connectivity index (χ1n) is 10.1. The van der Waals surface area contributed by atoms with Gasteiger partial charge in [-0.2, -0.15) is 0 Å². The maximum Gasteiger partial charge on any atom is 0.262 e. The zero-order chi connectivity index (χ0) is 22.2. The largest absolute Gasteiger partial charge is 0.383 e. The van der Waals surface area contributed by atoms with Gasteiger partial charge in [-0.1, -0.05) is 49.0 Å². The Labute approximate surface area is 184 Å². The highest BCUT2D eigenvalue weighted by Gasteiger charge is 2.16. The van der Waals surface area contributed by atoms with E-state index in [0.29, 0.717) is 46.9 Å². The van der Waals surface area contributed by atoms with Crippen LogP contribution in [-0.2, 0) is 11.3 Å². The molecule has 8 heteroatoms. The number of nitrogens with zero attached hydrogens (tertiary/aromatic N) is 2. The molecule has 0 bridgehead atoms. The van der Waals surface area contributed by atoms with Gasteiger partial charge in [0, 0.05) is 24.8 Å². The third kappa shape index (κ3) is 5.59. The maximum absolute atomic E-state index is 13.1. The topological polar surface area (TPSA) is 90.3 Å². The number of hydrogen-bond acceptors (Lipinski definition) is 6. The number of methoxy groups -OCH3 is 1. The quantitative estimate of drug-likeness (QED) is 0.296. The normalized spacial score (nSPS) is 10.9. The highest BCUT2D eigenvalue weighted by atomic mass is 32.2. The number of carbonyl (C=O) groups is 2. The number of rotatable bonds is 10. The van der Waals surface area contributed by atoms with Crippen LogP contribution in [0.4, 0.5) is 0 Å². The van der Waals surface area contributed by atoms with Gasteiger partial charge in [0.1, 0.15) is 0 Å². The molecule has 2 aromatic carbocycles. The van der Waals surface area contributed by atoms with Gasteiger partial charge in [-0.15, -0.1) is 0 Å².